The van der Waals surface area contributed by atoms with Crippen LogP contribution in [0, 0.1) is 0 Å². The molecule has 25 heavy (non-hydrogen) atoms. The second kappa shape index (κ2) is 7.94. The van der Waals surface area contributed by atoms with E-state index < -0.39 is 0 Å². The van der Waals surface area contributed by atoms with Crippen LogP contribution in [0.1, 0.15) is 16.7 Å². The van der Waals surface area contributed by atoms with Crippen LogP contribution in [0.25, 0.3) is 0 Å². The van der Waals surface area contributed by atoms with Crippen molar-refractivity contribution in [2.45, 2.75) is 19.8 Å². The molecule has 0 aliphatic rings. The number of nitrogens with zero attached hydrogens (tertiary/aromatic N) is 1. The van der Waals surface area contributed by atoms with E-state index in [1.165, 1.54) is 0 Å². The third-order valence-corrected chi connectivity index (χ3v) is 4.26. The molecule has 0 aromatic heterocycles. The van der Waals surface area contributed by atoms with Crippen molar-refractivity contribution in [3.63, 3.8) is 0 Å². The zero-order valence-corrected chi connectivity index (χ0v) is 13.8. The van der Waals surface area contributed by atoms with Crippen molar-refractivity contribution in [1.82, 2.24) is 0 Å². The third kappa shape index (κ3) is 3.42. The monoisotopic (exact) mass is 335 g/mol. The van der Waals surface area contributed by atoms with E-state index in [9.17, 15) is 15.3 Å². The lowest BCUT2D eigenvalue weighted by Gasteiger charge is -2.29. The van der Waals surface area contributed by atoms with Gasteiger partial charge in [-0.2, -0.15) is 0 Å². The smallest absolute Gasteiger partial charge is 0.0706 e. The summed E-state index contributed by atoms with van der Waals surface area (Å²) in [4.78, 5) is 2.03. The Morgan fingerprint density at radius 3 is 1.52 bits per heavy atom. The number of hydrogen-bond acceptors (Lipinski definition) is 4. The number of rotatable bonds is 6. The Labute approximate surface area is 147 Å². The summed E-state index contributed by atoms with van der Waals surface area (Å²) >= 11 is 0. The first-order valence-corrected chi connectivity index (χ1v) is 8.16. The van der Waals surface area contributed by atoms with E-state index in [1.54, 1.807) is 6.07 Å². The fourth-order valence-electron chi connectivity index (χ4n) is 3.04. The van der Waals surface area contributed by atoms with Gasteiger partial charge < -0.3 is 20.2 Å². The van der Waals surface area contributed by atoms with Gasteiger partial charge in [-0.05, 0) is 41.5 Å². The molecule has 128 valence electrons. The van der Waals surface area contributed by atoms with Crippen molar-refractivity contribution < 1.29 is 15.3 Å². The molecule has 0 spiro atoms. The molecule has 0 fully saturated rings. The summed E-state index contributed by atoms with van der Waals surface area (Å²) in [6.07, 6.45) is 0. The highest BCUT2D eigenvalue weighted by molar-refractivity contribution is 5.79. The molecule has 0 bridgehead atoms. The SMILES string of the molecule is OCc1ccc(N(c2ccccc2)c2ccccc2)c(CO)c1CO. The third-order valence-electron chi connectivity index (χ3n) is 4.26. The highest BCUT2D eigenvalue weighted by Crippen LogP contribution is 2.38. The van der Waals surface area contributed by atoms with E-state index in [0.717, 1.165) is 17.1 Å². The summed E-state index contributed by atoms with van der Waals surface area (Å²) in [5.74, 6) is 0. The highest BCUT2D eigenvalue weighted by atomic mass is 16.3. The van der Waals surface area contributed by atoms with Crippen molar-refractivity contribution in [3.8, 4) is 0 Å². The fourth-order valence-corrected chi connectivity index (χ4v) is 3.04. The number of hydrogen-bond donors (Lipinski definition) is 3. The van der Waals surface area contributed by atoms with Crippen molar-refractivity contribution in [2.75, 3.05) is 4.90 Å². The topological polar surface area (TPSA) is 63.9 Å². The highest BCUT2D eigenvalue weighted by Gasteiger charge is 2.19. The van der Waals surface area contributed by atoms with Crippen LogP contribution < -0.4 is 4.90 Å². The van der Waals surface area contributed by atoms with Gasteiger partial charge in [-0.25, -0.2) is 0 Å². The van der Waals surface area contributed by atoms with E-state index in [4.69, 9.17) is 0 Å². The molecule has 0 aliphatic carbocycles. The van der Waals surface area contributed by atoms with Crippen LogP contribution in [0.4, 0.5) is 17.1 Å². The van der Waals surface area contributed by atoms with Crippen LogP contribution in [-0.4, -0.2) is 15.3 Å². The molecule has 4 nitrogen and oxygen atoms in total. The van der Waals surface area contributed by atoms with Crippen molar-refractivity contribution in [1.29, 1.82) is 0 Å². The van der Waals surface area contributed by atoms with Crippen LogP contribution in [0.3, 0.4) is 0 Å². The maximum atomic E-state index is 9.97. The first-order chi connectivity index (χ1) is 12.3. The molecule has 3 rings (SSSR count). The van der Waals surface area contributed by atoms with Crippen LogP contribution in [0.5, 0.6) is 0 Å². The summed E-state index contributed by atoms with van der Waals surface area (Å²) < 4.78 is 0. The predicted molar refractivity (Wildman–Crippen MR) is 98.9 cm³/mol. The summed E-state index contributed by atoms with van der Waals surface area (Å²) in [5, 5.41) is 29.3. The Kier molecular flexibility index (Phi) is 5.46. The van der Waals surface area contributed by atoms with Gasteiger partial charge in [-0.1, -0.05) is 42.5 Å². The number of aliphatic hydroxyl groups excluding tert-OH is 3. The second-order valence-corrected chi connectivity index (χ2v) is 5.68. The lowest BCUT2D eigenvalue weighted by atomic mass is 9.98. The molecular formula is C21H21NO3. The van der Waals surface area contributed by atoms with Gasteiger partial charge in [0.1, 0.15) is 0 Å². The van der Waals surface area contributed by atoms with Gasteiger partial charge in [-0.15, -0.1) is 0 Å². The summed E-state index contributed by atoms with van der Waals surface area (Å²) in [6.45, 7) is -0.647. The maximum Gasteiger partial charge on any atom is 0.0706 e. The van der Waals surface area contributed by atoms with Crippen LogP contribution in [0.2, 0.25) is 0 Å². The molecule has 4 heteroatoms. The average molecular weight is 335 g/mol. The van der Waals surface area contributed by atoms with Gasteiger partial charge in [-0.3, -0.25) is 0 Å². The van der Waals surface area contributed by atoms with Crippen LogP contribution in [-0.2, 0) is 19.8 Å². The van der Waals surface area contributed by atoms with Gasteiger partial charge in [0.25, 0.3) is 0 Å². The Morgan fingerprint density at radius 1 is 0.560 bits per heavy atom. The molecule has 0 saturated heterocycles. The maximum absolute atomic E-state index is 9.97. The van der Waals surface area contributed by atoms with Crippen molar-refractivity contribution in [3.05, 3.63) is 89.5 Å². The Morgan fingerprint density at radius 2 is 1.08 bits per heavy atom. The summed E-state index contributed by atoms with van der Waals surface area (Å²) in [6, 6.07) is 23.4. The zero-order valence-electron chi connectivity index (χ0n) is 13.8. The lowest BCUT2D eigenvalue weighted by Crippen LogP contribution is -2.14. The Bertz CT molecular complexity index is 780. The number of benzene rings is 3. The molecule has 0 aliphatic heterocycles. The van der Waals surface area contributed by atoms with Gasteiger partial charge in [0.2, 0.25) is 0 Å². The van der Waals surface area contributed by atoms with E-state index in [-0.39, 0.29) is 19.8 Å². The first-order valence-electron chi connectivity index (χ1n) is 8.16. The predicted octanol–water partition coefficient (Wildman–Crippen LogP) is 3.63. The molecule has 0 heterocycles. The Balaban J connectivity index is 2.24. The second-order valence-electron chi connectivity index (χ2n) is 5.68. The summed E-state index contributed by atoms with van der Waals surface area (Å²) in [5.41, 5.74) is 4.48. The van der Waals surface area contributed by atoms with E-state index in [2.05, 4.69) is 0 Å². The number of para-hydroxylation sites is 2. The molecule has 0 unspecified atom stereocenters. The molecule has 3 aromatic carbocycles. The Hall–Kier alpha value is -2.66. The van der Waals surface area contributed by atoms with E-state index in [1.807, 2.05) is 71.6 Å². The molecule has 0 amide bonds. The van der Waals surface area contributed by atoms with Crippen molar-refractivity contribution in [2.24, 2.45) is 0 Å². The molecular weight excluding hydrogens is 314 g/mol. The van der Waals surface area contributed by atoms with E-state index >= 15 is 0 Å². The minimum Gasteiger partial charge on any atom is -0.392 e. The van der Waals surface area contributed by atoms with Gasteiger partial charge in [0.15, 0.2) is 0 Å². The lowest BCUT2D eigenvalue weighted by molar-refractivity contribution is 0.248. The number of aliphatic hydroxyl groups is 3. The quantitative estimate of drug-likeness (QED) is 0.644. The van der Waals surface area contributed by atoms with Gasteiger partial charge >= 0.3 is 0 Å². The fraction of sp³-hybridized carbons (Fsp3) is 0.143. The van der Waals surface area contributed by atoms with Crippen LogP contribution >= 0.6 is 0 Å². The molecule has 3 aromatic rings. The minimum atomic E-state index is -0.239. The largest absolute Gasteiger partial charge is 0.392 e. The standard InChI is InChI=1S/C21H21NO3/c23-13-16-11-12-21(20(15-25)19(16)14-24)22(17-7-3-1-4-8-17)18-9-5-2-6-10-18/h1-12,23-25H,13-15H2. The molecule has 0 atom stereocenters. The first kappa shape index (κ1) is 17.2. The molecule has 3 N–H and O–H groups in total. The van der Waals surface area contributed by atoms with Gasteiger partial charge in [0, 0.05) is 16.9 Å². The number of anilines is 3. The van der Waals surface area contributed by atoms with Gasteiger partial charge in [0.05, 0.1) is 25.5 Å². The molecule has 0 radical (unpaired) electrons. The zero-order chi connectivity index (χ0) is 17.6. The van der Waals surface area contributed by atoms with E-state index in [0.29, 0.717) is 16.7 Å². The average Bonchev–Trinajstić information content (AvgIpc) is 2.69. The minimum absolute atomic E-state index is 0.181. The molecule has 0 saturated carbocycles. The normalized spacial score (nSPS) is 10.7. The van der Waals surface area contributed by atoms with Crippen molar-refractivity contribution >= 4 is 17.1 Å². The summed E-state index contributed by atoms with van der Waals surface area (Å²) in [7, 11) is 0. The van der Waals surface area contributed by atoms with Crippen LogP contribution in [0.15, 0.2) is 72.8 Å².